The van der Waals surface area contributed by atoms with Crippen LogP contribution in [0, 0.1) is 23.7 Å². The van der Waals surface area contributed by atoms with Crippen LogP contribution in [0.5, 0.6) is 0 Å². The second-order valence-corrected chi connectivity index (χ2v) is 18.5. The number of piperidine rings is 2. The minimum atomic E-state index is -2.91. The molecule has 8 heterocycles. The molecule has 3 amide bonds. The van der Waals surface area contributed by atoms with Crippen LogP contribution < -0.4 is 15.5 Å². The molecule has 5 aliphatic rings. The van der Waals surface area contributed by atoms with Crippen LogP contribution in [0.4, 0.5) is 29.1 Å². The first-order valence-corrected chi connectivity index (χ1v) is 22.8. The summed E-state index contributed by atoms with van der Waals surface area (Å²) in [7, 11) is 1.79. The average Bonchev–Trinajstić information content (AvgIpc) is 3.99. The second-order valence-electron chi connectivity index (χ2n) is 18.5. The summed E-state index contributed by atoms with van der Waals surface area (Å²) in [6.45, 7) is 5.05. The van der Waals surface area contributed by atoms with Gasteiger partial charge in [-0.15, -0.1) is 0 Å². The average molecular weight is 913 g/mol. The van der Waals surface area contributed by atoms with Gasteiger partial charge in [0.05, 0.1) is 46.7 Å². The lowest BCUT2D eigenvalue weighted by atomic mass is 9.85. The van der Waals surface area contributed by atoms with E-state index in [4.69, 9.17) is 9.72 Å². The molecule has 5 fully saturated rings. The molecule has 20 heteroatoms. The van der Waals surface area contributed by atoms with Gasteiger partial charge in [-0.2, -0.15) is 15.3 Å². The summed E-state index contributed by atoms with van der Waals surface area (Å²) in [4.78, 5) is 48.8. The number of nitrogens with one attached hydrogen (secondary N) is 2. The van der Waals surface area contributed by atoms with Gasteiger partial charge in [0.15, 0.2) is 11.3 Å². The summed E-state index contributed by atoms with van der Waals surface area (Å²) >= 11 is 0. The fourth-order valence-electron chi connectivity index (χ4n) is 10.3. The van der Waals surface area contributed by atoms with E-state index in [1.807, 2.05) is 24.3 Å². The van der Waals surface area contributed by atoms with Crippen LogP contribution in [0.3, 0.4) is 0 Å². The molecule has 1 aromatic carbocycles. The van der Waals surface area contributed by atoms with E-state index in [9.17, 15) is 27.6 Å². The molecule has 1 saturated carbocycles. The van der Waals surface area contributed by atoms with Crippen LogP contribution in [0.15, 0.2) is 42.9 Å². The Hall–Kier alpha value is -5.91. The Morgan fingerprint density at radius 2 is 1.77 bits per heavy atom. The van der Waals surface area contributed by atoms with Crippen LogP contribution in [-0.4, -0.2) is 139 Å². The van der Waals surface area contributed by atoms with Crippen LogP contribution in [0.2, 0.25) is 0 Å². The van der Waals surface area contributed by atoms with E-state index in [-0.39, 0.29) is 48.7 Å². The predicted octanol–water partition coefficient (Wildman–Crippen LogP) is 4.82. The van der Waals surface area contributed by atoms with E-state index >= 15 is 4.39 Å². The Labute approximate surface area is 378 Å². The summed E-state index contributed by atoms with van der Waals surface area (Å²) in [6.07, 6.45) is 3.41. The fraction of sp³-hybridized carbons (Fsp3) is 0.543. The van der Waals surface area contributed by atoms with E-state index in [2.05, 4.69) is 52.5 Å². The van der Waals surface area contributed by atoms with Gasteiger partial charge in [-0.1, -0.05) is 24.0 Å². The largest absolute Gasteiger partial charge is 0.362 e. The first kappa shape index (κ1) is 44.0. The highest BCUT2D eigenvalue weighted by molar-refractivity contribution is 6.08. The summed E-state index contributed by atoms with van der Waals surface area (Å²) in [5, 5.41) is 19.0. The maximum absolute atomic E-state index is 15.5. The van der Waals surface area contributed by atoms with Gasteiger partial charge in [0.1, 0.15) is 30.3 Å². The Balaban J connectivity index is 0.692. The maximum atomic E-state index is 15.5. The van der Waals surface area contributed by atoms with Crippen molar-refractivity contribution in [2.75, 3.05) is 69.2 Å². The van der Waals surface area contributed by atoms with Gasteiger partial charge in [0.25, 0.3) is 12.3 Å². The van der Waals surface area contributed by atoms with Crippen molar-refractivity contribution in [3.63, 3.8) is 0 Å². The normalized spacial score (nSPS) is 24.6. The number of carbonyl (C=O) groups excluding carboxylic acids is 3. The SMILES string of the molecule is Cn1nc(C2CCC(=O)NC2=O)c2cccc(C#CCO[C@@H]3CCN(CC4CCC(n5cc(NC(=O)c6cnn7ccc(N8CC(CN9CC(F)C9)C8)nc67)c(C(F)F)n5)CC4)C[C@@H]3F)c21. The predicted molar refractivity (Wildman–Crippen MR) is 235 cm³/mol. The van der Waals surface area contributed by atoms with Crippen molar-refractivity contribution in [2.24, 2.45) is 18.9 Å². The van der Waals surface area contributed by atoms with Crippen molar-refractivity contribution in [2.45, 2.75) is 81.8 Å². The number of hydrogen-bond donors (Lipinski definition) is 2. The summed E-state index contributed by atoms with van der Waals surface area (Å²) in [6, 6.07) is 7.30. The number of fused-ring (bicyclic) bond motifs is 2. The number of aromatic nitrogens is 7. The van der Waals surface area contributed by atoms with Crippen molar-refractivity contribution >= 4 is 45.8 Å². The molecule has 4 aliphatic heterocycles. The number of anilines is 2. The van der Waals surface area contributed by atoms with Crippen molar-refractivity contribution in [3.05, 3.63) is 65.4 Å². The van der Waals surface area contributed by atoms with Crippen LogP contribution >= 0.6 is 0 Å². The summed E-state index contributed by atoms with van der Waals surface area (Å²) < 4.78 is 68.0. The number of halogens is 4. The Bertz CT molecular complexity index is 2690. The van der Waals surface area contributed by atoms with Gasteiger partial charge in [-0.3, -0.25) is 38.9 Å². The van der Waals surface area contributed by atoms with E-state index in [1.165, 1.54) is 16.9 Å². The Morgan fingerprint density at radius 3 is 2.53 bits per heavy atom. The molecule has 2 N–H and O–H groups in total. The maximum Gasteiger partial charge on any atom is 0.284 e. The highest BCUT2D eigenvalue weighted by Gasteiger charge is 2.36. The van der Waals surface area contributed by atoms with Crippen LogP contribution in [-0.2, 0) is 21.4 Å². The minimum absolute atomic E-state index is 0.0540. The molecule has 3 atom stereocenters. The molecule has 4 saturated heterocycles. The number of imide groups is 1. The smallest absolute Gasteiger partial charge is 0.284 e. The minimum Gasteiger partial charge on any atom is -0.362 e. The van der Waals surface area contributed by atoms with Gasteiger partial charge >= 0.3 is 0 Å². The molecular formula is C46H52F4N12O4. The molecule has 1 unspecified atom stereocenters. The molecular weight excluding hydrogens is 861 g/mol. The molecule has 4 aromatic heterocycles. The van der Waals surface area contributed by atoms with Crippen molar-refractivity contribution in [3.8, 4) is 11.8 Å². The molecule has 0 radical (unpaired) electrons. The number of ether oxygens (including phenoxy) is 1. The lowest BCUT2D eigenvalue weighted by Gasteiger charge is -2.45. The zero-order chi connectivity index (χ0) is 45.6. The number of alkyl halides is 4. The molecule has 5 aromatic rings. The number of carbonyl (C=O) groups is 3. The van der Waals surface area contributed by atoms with Crippen LogP contribution in [0.25, 0.3) is 16.6 Å². The molecule has 66 heavy (non-hydrogen) atoms. The third-order valence-corrected chi connectivity index (χ3v) is 13.9. The third-order valence-electron chi connectivity index (χ3n) is 13.9. The number of hydrogen-bond acceptors (Lipinski definition) is 11. The molecule has 348 valence electrons. The van der Waals surface area contributed by atoms with Crippen LogP contribution in [0.1, 0.15) is 90.6 Å². The van der Waals surface area contributed by atoms with Gasteiger partial charge in [-0.25, -0.2) is 27.1 Å². The van der Waals surface area contributed by atoms with E-state index in [0.717, 1.165) is 49.9 Å². The number of likely N-dealkylation sites (tertiary alicyclic amines) is 2. The fourth-order valence-corrected chi connectivity index (χ4v) is 10.3. The highest BCUT2D eigenvalue weighted by atomic mass is 19.3. The van der Waals surface area contributed by atoms with E-state index in [1.54, 1.807) is 22.6 Å². The lowest BCUT2D eigenvalue weighted by molar-refractivity contribution is -0.134. The number of para-hydroxylation sites is 1. The zero-order valence-corrected chi connectivity index (χ0v) is 36.6. The Kier molecular flexibility index (Phi) is 12.3. The summed E-state index contributed by atoms with van der Waals surface area (Å²) in [5.74, 6) is 5.81. The number of rotatable bonds is 12. The van der Waals surface area contributed by atoms with Gasteiger partial charge in [0, 0.05) is 89.5 Å². The zero-order valence-electron chi connectivity index (χ0n) is 36.6. The molecule has 1 aliphatic carbocycles. The molecule has 10 rings (SSSR count). The Morgan fingerprint density at radius 1 is 0.970 bits per heavy atom. The quantitative estimate of drug-likeness (QED) is 0.100. The summed E-state index contributed by atoms with van der Waals surface area (Å²) in [5.41, 5.74) is 1.99. The van der Waals surface area contributed by atoms with E-state index < -0.39 is 42.4 Å². The topological polar surface area (TPSA) is 160 Å². The number of aryl methyl sites for hydroxylation is 1. The monoisotopic (exact) mass is 912 g/mol. The number of benzene rings is 1. The lowest BCUT2D eigenvalue weighted by Crippen LogP contribution is -2.57. The van der Waals surface area contributed by atoms with Crippen molar-refractivity contribution in [1.29, 1.82) is 0 Å². The standard InChI is InChI=1S/C46H52F4N12O4/c1-57-42-29(4-2-6-32(42)40(55-57)33-11-12-39(63)54-45(33)64)5-3-17-66-37-13-15-58(25-35(37)48)19-27-7-9-31(10-8-27)62-26-36(41(56-62)43(49)50)52-46(65)34-18-51-61-16-14-38(53-44(34)61)60-21-28(22-60)20-59-23-30(47)24-59/h2,4,6,14,16,18,26-28,30-31,33,35,37,43H,7-13,15,17,19-25H2,1H3,(H,52,65)(H,54,63,64)/t27?,31?,33?,35-,37+/m0/s1. The molecule has 0 bridgehead atoms. The first-order valence-electron chi connectivity index (χ1n) is 22.8. The van der Waals surface area contributed by atoms with Gasteiger partial charge < -0.3 is 15.0 Å². The number of nitrogens with zero attached hydrogens (tertiary/aromatic N) is 10. The van der Waals surface area contributed by atoms with Crippen molar-refractivity contribution < 1.29 is 36.7 Å². The van der Waals surface area contributed by atoms with E-state index in [0.29, 0.717) is 79.9 Å². The van der Waals surface area contributed by atoms with Gasteiger partial charge in [-0.05, 0) is 56.6 Å². The van der Waals surface area contributed by atoms with Gasteiger partial charge in [0.2, 0.25) is 11.8 Å². The molecule has 16 nitrogen and oxygen atoms in total. The first-order chi connectivity index (χ1) is 31.9. The number of amides is 3. The molecule has 0 spiro atoms. The van der Waals surface area contributed by atoms with Crippen molar-refractivity contribution in [1.82, 2.24) is 49.3 Å². The highest BCUT2D eigenvalue weighted by Crippen LogP contribution is 2.37. The second kappa shape index (κ2) is 18.4. The third kappa shape index (κ3) is 8.99.